The predicted octanol–water partition coefficient (Wildman–Crippen LogP) is 8.24. The van der Waals surface area contributed by atoms with Gasteiger partial charge in [-0.1, -0.05) is 64.3 Å². The third-order valence-electron chi connectivity index (χ3n) is 8.03. The summed E-state index contributed by atoms with van der Waals surface area (Å²) in [6.45, 7) is 12.4. The van der Waals surface area contributed by atoms with Gasteiger partial charge < -0.3 is 9.47 Å². The highest BCUT2D eigenvalue weighted by molar-refractivity contribution is 5.78. The molecule has 0 N–H and O–H groups in total. The van der Waals surface area contributed by atoms with E-state index < -0.39 is 5.41 Å². The van der Waals surface area contributed by atoms with Crippen LogP contribution in [0.3, 0.4) is 0 Å². The molecule has 0 saturated heterocycles. The average Bonchev–Trinajstić information content (AvgIpc) is 2.85. The lowest BCUT2D eigenvalue weighted by Crippen LogP contribution is -2.31. The number of benzene rings is 2. The van der Waals surface area contributed by atoms with Crippen LogP contribution in [-0.4, -0.2) is 11.6 Å². The van der Waals surface area contributed by atoms with Gasteiger partial charge in [-0.05, 0) is 88.3 Å². The molecule has 0 aromatic heterocycles. The molecule has 3 rings (SSSR count). The molecule has 0 amide bonds. The lowest BCUT2D eigenvalue weighted by Gasteiger charge is -2.39. The summed E-state index contributed by atoms with van der Waals surface area (Å²) in [4.78, 5) is 12.5. The standard InChI is InChI=1S/C30H42O3/c1-7-28(4,5)27(31)32-25-17-13-23(14-18-25)30(21-11-10-12-22-30)24-15-19-26(20-16-24)33-29(6,8-2)9-3/h13-20H,7-12,21-22H2,1-6H3. The third kappa shape index (κ3) is 5.62. The van der Waals surface area contributed by atoms with E-state index in [1.54, 1.807) is 0 Å². The lowest BCUT2D eigenvalue weighted by atomic mass is 9.65. The molecule has 0 radical (unpaired) electrons. The van der Waals surface area contributed by atoms with E-state index in [9.17, 15) is 4.79 Å². The topological polar surface area (TPSA) is 35.5 Å². The molecule has 0 atom stereocenters. The van der Waals surface area contributed by atoms with Gasteiger partial charge in [0, 0.05) is 5.41 Å². The van der Waals surface area contributed by atoms with Crippen LogP contribution in [0.5, 0.6) is 11.5 Å². The first-order valence-electron chi connectivity index (χ1n) is 12.8. The van der Waals surface area contributed by atoms with Gasteiger partial charge in [0.25, 0.3) is 0 Å². The molecule has 0 heterocycles. The van der Waals surface area contributed by atoms with Crippen LogP contribution in [0.1, 0.15) is 104 Å². The maximum absolute atomic E-state index is 12.5. The van der Waals surface area contributed by atoms with Crippen LogP contribution in [0.15, 0.2) is 48.5 Å². The fourth-order valence-corrected chi connectivity index (χ4v) is 4.65. The van der Waals surface area contributed by atoms with Crippen LogP contribution < -0.4 is 9.47 Å². The molecule has 3 heteroatoms. The molecular formula is C30H42O3. The highest BCUT2D eigenvalue weighted by atomic mass is 16.5. The summed E-state index contributed by atoms with van der Waals surface area (Å²) in [5.74, 6) is 1.39. The van der Waals surface area contributed by atoms with Crippen molar-refractivity contribution in [3.05, 3.63) is 59.7 Å². The summed E-state index contributed by atoms with van der Waals surface area (Å²) in [7, 11) is 0. The molecule has 33 heavy (non-hydrogen) atoms. The monoisotopic (exact) mass is 450 g/mol. The minimum atomic E-state index is -0.474. The zero-order valence-corrected chi connectivity index (χ0v) is 21.5. The van der Waals surface area contributed by atoms with Gasteiger partial charge >= 0.3 is 5.97 Å². The van der Waals surface area contributed by atoms with Gasteiger partial charge in [-0.15, -0.1) is 0 Å². The van der Waals surface area contributed by atoms with Gasteiger partial charge in [0.1, 0.15) is 17.1 Å². The summed E-state index contributed by atoms with van der Waals surface area (Å²) >= 11 is 0. The fourth-order valence-electron chi connectivity index (χ4n) is 4.65. The Bertz CT molecular complexity index is 899. The van der Waals surface area contributed by atoms with E-state index in [4.69, 9.17) is 9.47 Å². The minimum absolute atomic E-state index is 0.000818. The largest absolute Gasteiger partial charge is 0.488 e. The number of hydrogen-bond acceptors (Lipinski definition) is 3. The van der Waals surface area contributed by atoms with E-state index in [2.05, 4.69) is 57.2 Å². The number of rotatable bonds is 9. The second-order valence-electron chi connectivity index (χ2n) is 10.6. The van der Waals surface area contributed by atoms with Crippen molar-refractivity contribution in [2.75, 3.05) is 0 Å². The number of carbonyl (C=O) groups excluding carboxylic acids is 1. The molecule has 1 fully saturated rings. The van der Waals surface area contributed by atoms with Crippen LogP contribution in [0.4, 0.5) is 0 Å². The quantitative estimate of drug-likeness (QED) is 0.285. The molecule has 1 aliphatic carbocycles. The Balaban J connectivity index is 1.85. The van der Waals surface area contributed by atoms with Crippen molar-refractivity contribution in [1.82, 2.24) is 0 Å². The summed E-state index contributed by atoms with van der Waals surface area (Å²) in [5.41, 5.74) is 2.06. The summed E-state index contributed by atoms with van der Waals surface area (Å²) in [5, 5.41) is 0. The molecular weight excluding hydrogens is 408 g/mol. The molecule has 0 unspecified atom stereocenters. The van der Waals surface area contributed by atoms with E-state index in [-0.39, 0.29) is 17.0 Å². The summed E-state index contributed by atoms with van der Waals surface area (Å²) < 4.78 is 12.0. The maximum atomic E-state index is 12.5. The second-order valence-corrected chi connectivity index (χ2v) is 10.6. The van der Waals surface area contributed by atoms with Crippen LogP contribution in [0, 0.1) is 5.41 Å². The van der Waals surface area contributed by atoms with Gasteiger partial charge in [-0.25, -0.2) is 0 Å². The Labute approximate surface area is 200 Å². The second kappa shape index (κ2) is 10.3. The van der Waals surface area contributed by atoms with Crippen LogP contribution >= 0.6 is 0 Å². The van der Waals surface area contributed by atoms with E-state index in [0.29, 0.717) is 5.75 Å². The van der Waals surface area contributed by atoms with Crippen LogP contribution in [0.25, 0.3) is 0 Å². The normalized spacial score (nSPS) is 16.3. The van der Waals surface area contributed by atoms with Gasteiger partial charge in [0.2, 0.25) is 0 Å². The Hall–Kier alpha value is -2.29. The van der Waals surface area contributed by atoms with Crippen molar-refractivity contribution in [2.24, 2.45) is 5.41 Å². The van der Waals surface area contributed by atoms with Crippen molar-refractivity contribution in [3.63, 3.8) is 0 Å². The highest BCUT2D eigenvalue weighted by Gasteiger charge is 2.36. The molecule has 2 aromatic carbocycles. The first kappa shape index (κ1) is 25.3. The molecule has 0 spiro atoms. The zero-order chi connectivity index (χ0) is 24.1. The van der Waals surface area contributed by atoms with Crippen molar-refractivity contribution < 1.29 is 14.3 Å². The predicted molar refractivity (Wildman–Crippen MR) is 136 cm³/mol. The first-order valence-corrected chi connectivity index (χ1v) is 12.8. The van der Waals surface area contributed by atoms with Crippen LogP contribution in [0.2, 0.25) is 0 Å². The number of carbonyl (C=O) groups is 1. The van der Waals surface area contributed by atoms with Gasteiger partial charge in [0.05, 0.1) is 5.41 Å². The summed E-state index contributed by atoms with van der Waals surface area (Å²) in [6.07, 6.45) is 8.74. The van der Waals surface area contributed by atoms with Crippen molar-refractivity contribution in [3.8, 4) is 11.5 Å². The van der Waals surface area contributed by atoms with Crippen LogP contribution in [-0.2, 0) is 10.2 Å². The fraction of sp³-hybridized carbons (Fsp3) is 0.567. The van der Waals surface area contributed by atoms with Gasteiger partial charge in [-0.2, -0.15) is 0 Å². The van der Waals surface area contributed by atoms with E-state index in [0.717, 1.165) is 37.9 Å². The minimum Gasteiger partial charge on any atom is -0.488 e. The van der Waals surface area contributed by atoms with Crippen molar-refractivity contribution >= 4 is 5.97 Å². The van der Waals surface area contributed by atoms with Gasteiger partial charge in [0.15, 0.2) is 0 Å². The SMILES string of the molecule is CCC(C)(CC)Oc1ccc(C2(c3ccc(OC(=O)C(C)(C)CC)cc3)CCCCC2)cc1. The number of esters is 1. The van der Waals surface area contributed by atoms with E-state index >= 15 is 0 Å². The van der Waals surface area contributed by atoms with Crippen molar-refractivity contribution in [1.29, 1.82) is 0 Å². The molecule has 180 valence electrons. The maximum Gasteiger partial charge on any atom is 0.316 e. The van der Waals surface area contributed by atoms with E-state index in [1.807, 2.05) is 32.9 Å². The molecule has 0 bridgehead atoms. The van der Waals surface area contributed by atoms with E-state index in [1.165, 1.54) is 30.4 Å². The Morgan fingerprint density at radius 3 is 1.70 bits per heavy atom. The van der Waals surface area contributed by atoms with Gasteiger partial charge in [-0.3, -0.25) is 4.79 Å². The lowest BCUT2D eigenvalue weighted by molar-refractivity contribution is -0.144. The molecule has 1 aliphatic rings. The Morgan fingerprint density at radius 2 is 1.24 bits per heavy atom. The number of hydrogen-bond donors (Lipinski definition) is 0. The molecule has 3 nitrogen and oxygen atoms in total. The molecule has 1 saturated carbocycles. The smallest absolute Gasteiger partial charge is 0.316 e. The first-order chi connectivity index (χ1) is 15.7. The third-order valence-corrected chi connectivity index (χ3v) is 8.03. The average molecular weight is 451 g/mol. The molecule has 2 aromatic rings. The highest BCUT2D eigenvalue weighted by Crippen LogP contribution is 2.45. The van der Waals surface area contributed by atoms with Crippen molar-refractivity contribution in [2.45, 2.75) is 104 Å². The number of ether oxygens (including phenoxy) is 2. The zero-order valence-electron chi connectivity index (χ0n) is 21.5. The Morgan fingerprint density at radius 1 is 0.758 bits per heavy atom. The molecule has 0 aliphatic heterocycles. The summed E-state index contributed by atoms with van der Waals surface area (Å²) in [6, 6.07) is 17.0. The Kier molecular flexibility index (Phi) is 7.92.